The highest BCUT2D eigenvalue weighted by molar-refractivity contribution is 7.13. The molecule has 1 atom stereocenters. The molecule has 2 N–H and O–H groups in total. The van der Waals surface area contributed by atoms with Crippen LogP contribution in [0, 0.1) is 0 Å². The molecule has 0 saturated heterocycles. The van der Waals surface area contributed by atoms with Crippen LogP contribution in [0.3, 0.4) is 0 Å². The lowest BCUT2D eigenvalue weighted by Crippen LogP contribution is -2.22. The second-order valence-corrected chi connectivity index (χ2v) is 7.35. The number of carbonyl (C=O) groups excluding carboxylic acids is 1. The summed E-state index contributed by atoms with van der Waals surface area (Å²) < 4.78 is 16.5. The van der Waals surface area contributed by atoms with Gasteiger partial charge in [0, 0.05) is 28.3 Å². The number of esters is 1. The average Bonchev–Trinajstić information content (AvgIpc) is 3.52. The molecule has 0 aliphatic rings. The first-order valence-corrected chi connectivity index (χ1v) is 10.3. The molecule has 3 heterocycles. The Hall–Kier alpha value is -3.91. The number of thiazole rings is 1. The lowest BCUT2D eigenvalue weighted by Gasteiger charge is -2.20. The maximum Gasteiger partial charge on any atom is 0.352 e. The maximum absolute atomic E-state index is 12.8. The Labute approximate surface area is 182 Å². The molecule has 4 aromatic rings. The second-order valence-electron chi connectivity index (χ2n) is 6.45. The van der Waals surface area contributed by atoms with Crippen LogP contribution in [0.15, 0.2) is 83.6 Å². The van der Waals surface area contributed by atoms with E-state index in [0.29, 0.717) is 21.8 Å². The summed E-state index contributed by atoms with van der Waals surface area (Å²) in [6, 6.07) is 12.6. The molecule has 1 aromatic carbocycles. The van der Waals surface area contributed by atoms with E-state index in [-0.39, 0.29) is 18.2 Å². The SMILES string of the molecule is C=CCOC(=O)C(Oc1nc(-c2nccs2)cc(-c2ccoc2)c1N)c1ccccc1. The Bertz CT molecular complexity index is 1160. The first-order chi connectivity index (χ1) is 15.2. The summed E-state index contributed by atoms with van der Waals surface area (Å²) in [5.41, 5.74) is 9.29. The molecule has 0 fully saturated rings. The molecule has 0 amide bonds. The summed E-state index contributed by atoms with van der Waals surface area (Å²) in [7, 11) is 0. The zero-order valence-corrected chi connectivity index (χ0v) is 17.2. The quantitative estimate of drug-likeness (QED) is 0.312. The van der Waals surface area contributed by atoms with Crippen molar-refractivity contribution in [3.8, 4) is 27.7 Å². The van der Waals surface area contributed by atoms with Crippen molar-refractivity contribution in [2.24, 2.45) is 0 Å². The summed E-state index contributed by atoms with van der Waals surface area (Å²) in [5, 5.41) is 2.55. The van der Waals surface area contributed by atoms with Crippen molar-refractivity contribution in [3.05, 3.63) is 84.8 Å². The minimum Gasteiger partial charge on any atom is -0.472 e. The molecule has 0 aliphatic heterocycles. The normalized spacial score (nSPS) is 11.6. The molecule has 31 heavy (non-hydrogen) atoms. The number of carbonyl (C=O) groups is 1. The fourth-order valence-corrected chi connectivity index (χ4v) is 3.54. The number of nitrogens with two attached hydrogens (primary N) is 1. The minimum absolute atomic E-state index is 0.0634. The Kier molecular flexibility index (Phi) is 6.09. The Morgan fingerprint density at radius 2 is 2.13 bits per heavy atom. The third-order valence-electron chi connectivity index (χ3n) is 4.40. The Morgan fingerprint density at radius 1 is 1.29 bits per heavy atom. The fourth-order valence-electron chi connectivity index (χ4n) is 2.95. The van der Waals surface area contributed by atoms with Gasteiger partial charge in [0.2, 0.25) is 12.0 Å². The first-order valence-electron chi connectivity index (χ1n) is 9.39. The third kappa shape index (κ3) is 4.49. The van der Waals surface area contributed by atoms with Gasteiger partial charge in [-0.3, -0.25) is 0 Å². The summed E-state index contributed by atoms with van der Waals surface area (Å²) in [6.45, 7) is 3.64. The maximum atomic E-state index is 12.8. The van der Waals surface area contributed by atoms with E-state index in [9.17, 15) is 4.79 Å². The zero-order valence-electron chi connectivity index (χ0n) is 16.4. The van der Waals surface area contributed by atoms with Crippen LogP contribution in [0.25, 0.3) is 21.8 Å². The average molecular weight is 433 g/mol. The number of hydrogen-bond acceptors (Lipinski definition) is 8. The molecule has 0 aliphatic carbocycles. The lowest BCUT2D eigenvalue weighted by atomic mass is 10.1. The van der Waals surface area contributed by atoms with Crippen LogP contribution in [-0.2, 0) is 9.53 Å². The summed E-state index contributed by atoms with van der Waals surface area (Å²) in [5.74, 6) is -0.467. The molecule has 8 heteroatoms. The highest BCUT2D eigenvalue weighted by atomic mass is 32.1. The predicted octanol–water partition coefficient (Wildman–Crippen LogP) is 4.90. The van der Waals surface area contributed by atoms with Gasteiger partial charge in [0.1, 0.15) is 23.0 Å². The van der Waals surface area contributed by atoms with Crippen LogP contribution in [0.4, 0.5) is 5.69 Å². The van der Waals surface area contributed by atoms with Gasteiger partial charge in [-0.1, -0.05) is 43.0 Å². The Balaban J connectivity index is 1.79. The van der Waals surface area contributed by atoms with E-state index in [1.165, 1.54) is 17.4 Å². The number of ether oxygens (including phenoxy) is 2. The summed E-state index contributed by atoms with van der Waals surface area (Å²) in [4.78, 5) is 21.6. The number of furan rings is 1. The van der Waals surface area contributed by atoms with Crippen LogP contribution in [0.1, 0.15) is 11.7 Å². The third-order valence-corrected chi connectivity index (χ3v) is 5.19. The van der Waals surface area contributed by atoms with Gasteiger partial charge < -0.3 is 19.6 Å². The number of anilines is 1. The van der Waals surface area contributed by atoms with Gasteiger partial charge in [-0.15, -0.1) is 11.3 Å². The molecule has 0 bridgehead atoms. The van der Waals surface area contributed by atoms with Crippen molar-refractivity contribution in [1.82, 2.24) is 9.97 Å². The van der Waals surface area contributed by atoms with Crippen LogP contribution >= 0.6 is 11.3 Å². The van der Waals surface area contributed by atoms with Gasteiger partial charge in [0.05, 0.1) is 12.5 Å². The number of benzene rings is 1. The van der Waals surface area contributed by atoms with Crippen molar-refractivity contribution in [2.45, 2.75) is 6.10 Å². The molecule has 3 aromatic heterocycles. The summed E-state index contributed by atoms with van der Waals surface area (Å²) >= 11 is 1.43. The molecule has 4 rings (SSSR count). The zero-order chi connectivity index (χ0) is 21.6. The molecule has 156 valence electrons. The Morgan fingerprint density at radius 3 is 2.81 bits per heavy atom. The highest BCUT2D eigenvalue weighted by Gasteiger charge is 2.27. The lowest BCUT2D eigenvalue weighted by molar-refractivity contribution is -0.151. The highest BCUT2D eigenvalue weighted by Crippen LogP contribution is 2.38. The molecular weight excluding hydrogens is 414 g/mol. The van der Waals surface area contributed by atoms with Gasteiger partial charge in [0.15, 0.2) is 0 Å². The monoisotopic (exact) mass is 433 g/mol. The number of nitrogens with zero attached hydrogens (tertiary/aromatic N) is 2. The van der Waals surface area contributed by atoms with Crippen molar-refractivity contribution in [1.29, 1.82) is 0 Å². The molecule has 1 unspecified atom stereocenters. The molecule has 7 nitrogen and oxygen atoms in total. The largest absolute Gasteiger partial charge is 0.472 e. The van der Waals surface area contributed by atoms with Crippen molar-refractivity contribution >= 4 is 23.0 Å². The van der Waals surface area contributed by atoms with Crippen molar-refractivity contribution in [2.75, 3.05) is 12.3 Å². The predicted molar refractivity (Wildman–Crippen MR) is 118 cm³/mol. The standard InChI is InChI=1S/C23H19N3O4S/c1-2-10-29-23(27)20(15-6-4-3-5-7-15)30-21-19(24)17(16-8-11-28-14-16)13-18(26-21)22-25-9-12-31-22/h2-9,11-14,20H,1,10,24H2. The van der Waals surface area contributed by atoms with E-state index in [0.717, 1.165) is 5.56 Å². The second kappa shape index (κ2) is 9.27. The van der Waals surface area contributed by atoms with E-state index in [1.807, 2.05) is 29.6 Å². The topological polar surface area (TPSA) is 100 Å². The molecule has 0 spiro atoms. The fraction of sp³-hybridized carbons (Fsp3) is 0.0870. The van der Waals surface area contributed by atoms with Gasteiger partial charge in [-0.05, 0) is 12.1 Å². The van der Waals surface area contributed by atoms with E-state index < -0.39 is 12.1 Å². The number of pyridine rings is 1. The van der Waals surface area contributed by atoms with Gasteiger partial charge in [-0.25, -0.2) is 14.8 Å². The number of nitrogen functional groups attached to an aromatic ring is 1. The van der Waals surface area contributed by atoms with Crippen molar-refractivity contribution < 1.29 is 18.7 Å². The van der Waals surface area contributed by atoms with Crippen molar-refractivity contribution in [3.63, 3.8) is 0 Å². The smallest absolute Gasteiger partial charge is 0.352 e. The van der Waals surface area contributed by atoms with Crippen LogP contribution in [0.2, 0.25) is 0 Å². The van der Waals surface area contributed by atoms with Crippen LogP contribution < -0.4 is 10.5 Å². The number of rotatable bonds is 8. The van der Waals surface area contributed by atoms with Crippen LogP contribution in [0.5, 0.6) is 5.88 Å². The molecule has 0 saturated carbocycles. The van der Waals surface area contributed by atoms with E-state index >= 15 is 0 Å². The van der Waals surface area contributed by atoms with Gasteiger partial charge in [-0.2, -0.15) is 0 Å². The minimum atomic E-state index is -1.06. The van der Waals surface area contributed by atoms with Crippen LogP contribution in [-0.4, -0.2) is 22.5 Å². The van der Waals surface area contributed by atoms with E-state index in [2.05, 4.69) is 16.5 Å². The van der Waals surface area contributed by atoms with Gasteiger partial charge in [0.25, 0.3) is 0 Å². The summed E-state index contributed by atoms with van der Waals surface area (Å²) in [6.07, 6.45) is 5.26. The molecule has 0 radical (unpaired) electrons. The first kappa shape index (κ1) is 20.4. The van der Waals surface area contributed by atoms with Gasteiger partial charge >= 0.3 is 5.97 Å². The number of hydrogen-bond donors (Lipinski definition) is 1. The number of aromatic nitrogens is 2. The van der Waals surface area contributed by atoms with E-state index in [4.69, 9.17) is 19.6 Å². The molecular formula is C23H19N3O4S. The van der Waals surface area contributed by atoms with E-state index in [1.54, 1.807) is 36.9 Å².